The number of fused-ring (bicyclic) bond motifs is 1. The van der Waals surface area contributed by atoms with Gasteiger partial charge >= 0.3 is 11.7 Å². The Balaban J connectivity index is 1.53. The highest BCUT2D eigenvalue weighted by Crippen LogP contribution is 2.20. The van der Waals surface area contributed by atoms with Gasteiger partial charge in [-0.1, -0.05) is 12.1 Å². The van der Waals surface area contributed by atoms with Gasteiger partial charge in [-0.2, -0.15) is 0 Å². The van der Waals surface area contributed by atoms with Crippen molar-refractivity contribution < 1.29 is 18.7 Å². The van der Waals surface area contributed by atoms with E-state index in [9.17, 15) is 14.4 Å². The molecular formula is C22H25N3O5. The first-order valence-corrected chi connectivity index (χ1v) is 9.79. The summed E-state index contributed by atoms with van der Waals surface area (Å²) in [6.45, 7) is 6.43. The van der Waals surface area contributed by atoms with Gasteiger partial charge in [0.2, 0.25) is 0 Å². The van der Waals surface area contributed by atoms with Crippen molar-refractivity contribution in [1.82, 2.24) is 4.57 Å². The van der Waals surface area contributed by atoms with Crippen LogP contribution in [0.2, 0.25) is 0 Å². The molecular weight excluding hydrogens is 386 g/mol. The first-order valence-electron chi connectivity index (χ1n) is 9.79. The number of hydrogen-bond donors (Lipinski definition) is 1. The van der Waals surface area contributed by atoms with Crippen LogP contribution in [0, 0.1) is 0 Å². The maximum absolute atomic E-state index is 12.1. The van der Waals surface area contributed by atoms with E-state index in [0.29, 0.717) is 22.8 Å². The zero-order chi connectivity index (χ0) is 21.7. The molecule has 3 rings (SSSR count). The molecule has 1 amide bonds. The Kier molecular flexibility index (Phi) is 6.56. The summed E-state index contributed by atoms with van der Waals surface area (Å²) in [6, 6.07) is 14.6. The molecule has 1 aromatic heterocycles. The summed E-state index contributed by atoms with van der Waals surface area (Å²) in [5.41, 5.74) is 2.55. The Hall–Kier alpha value is -3.55. The van der Waals surface area contributed by atoms with E-state index in [0.717, 1.165) is 12.2 Å². The van der Waals surface area contributed by atoms with Crippen molar-refractivity contribution >= 4 is 34.4 Å². The molecule has 0 saturated heterocycles. The topological polar surface area (TPSA) is 93.8 Å². The van der Waals surface area contributed by atoms with E-state index < -0.39 is 24.2 Å². The monoisotopic (exact) mass is 411 g/mol. The molecule has 0 saturated carbocycles. The van der Waals surface area contributed by atoms with E-state index >= 15 is 0 Å². The highest BCUT2D eigenvalue weighted by molar-refractivity contribution is 5.93. The minimum Gasteiger partial charge on any atom is -0.454 e. The van der Waals surface area contributed by atoms with E-state index in [-0.39, 0.29) is 6.54 Å². The molecule has 0 aliphatic carbocycles. The third-order valence-electron chi connectivity index (χ3n) is 4.67. The van der Waals surface area contributed by atoms with Crippen LogP contribution in [0.3, 0.4) is 0 Å². The number of carbonyl (C=O) groups excluding carboxylic acids is 2. The molecule has 0 atom stereocenters. The van der Waals surface area contributed by atoms with Crippen LogP contribution < -0.4 is 16.0 Å². The number of aromatic nitrogens is 1. The van der Waals surface area contributed by atoms with Crippen molar-refractivity contribution in [2.75, 3.05) is 23.4 Å². The van der Waals surface area contributed by atoms with Crippen LogP contribution in [0.25, 0.3) is 11.1 Å². The quantitative estimate of drug-likeness (QED) is 0.573. The zero-order valence-electron chi connectivity index (χ0n) is 17.3. The fourth-order valence-corrected chi connectivity index (χ4v) is 3.26. The summed E-state index contributed by atoms with van der Waals surface area (Å²) in [6.07, 6.45) is 0. The van der Waals surface area contributed by atoms with Crippen molar-refractivity contribution in [3.8, 4) is 0 Å². The lowest BCUT2D eigenvalue weighted by Gasteiger charge is -2.27. The zero-order valence-corrected chi connectivity index (χ0v) is 17.3. The number of hydrogen-bond acceptors (Lipinski definition) is 6. The minimum atomic E-state index is -0.704. The second kappa shape index (κ2) is 9.30. The van der Waals surface area contributed by atoms with Crippen LogP contribution in [-0.4, -0.2) is 35.6 Å². The van der Waals surface area contributed by atoms with Gasteiger partial charge in [-0.3, -0.25) is 14.2 Å². The molecule has 0 spiro atoms. The van der Waals surface area contributed by atoms with Crippen LogP contribution in [0.4, 0.5) is 11.4 Å². The Morgan fingerprint density at radius 2 is 1.83 bits per heavy atom. The first kappa shape index (κ1) is 21.2. The second-order valence-electron chi connectivity index (χ2n) is 7.06. The molecule has 8 heteroatoms. The number of oxazole rings is 1. The molecule has 0 aliphatic rings. The fraction of sp³-hybridized carbons (Fsp3) is 0.318. The van der Waals surface area contributed by atoms with Crippen LogP contribution >= 0.6 is 0 Å². The van der Waals surface area contributed by atoms with Crippen LogP contribution in [-0.2, 0) is 20.9 Å². The molecule has 158 valence electrons. The molecule has 0 radical (unpaired) electrons. The van der Waals surface area contributed by atoms with Gasteiger partial charge in [-0.15, -0.1) is 0 Å². The van der Waals surface area contributed by atoms with Crippen molar-refractivity contribution in [2.45, 2.75) is 33.4 Å². The lowest BCUT2D eigenvalue weighted by Crippen LogP contribution is -2.30. The maximum Gasteiger partial charge on any atom is 0.420 e. The average molecular weight is 411 g/mol. The number of esters is 1. The third kappa shape index (κ3) is 4.89. The third-order valence-corrected chi connectivity index (χ3v) is 4.67. The van der Waals surface area contributed by atoms with Gasteiger partial charge in [0.05, 0.1) is 5.52 Å². The largest absolute Gasteiger partial charge is 0.454 e. The summed E-state index contributed by atoms with van der Waals surface area (Å²) >= 11 is 0. The van der Waals surface area contributed by atoms with Crippen molar-refractivity contribution in [1.29, 1.82) is 0 Å². The predicted molar refractivity (Wildman–Crippen MR) is 115 cm³/mol. The number of anilines is 2. The molecule has 1 heterocycles. The number of amides is 1. The number of carbonyl (C=O) groups is 2. The molecule has 0 fully saturated rings. The number of nitrogens with zero attached hydrogens (tertiary/aromatic N) is 2. The number of ether oxygens (including phenoxy) is 1. The normalized spacial score (nSPS) is 10.9. The van der Waals surface area contributed by atoms with Crippen molar-refractivity contribution in [2.24, 2.45) is 0 Å². The Bertz CT molecular complexity index is 1080. The van der Waals surface area contributed by atoms with Gasteiger partial charge in [0.15, 0.2) is 12.2 Å². The average Bonchev–Trinajstić information content (AvgIpc) is 3.03. The number of benzene rings is 2. The minimum absolute atomic E-state index is 0.333. The standard InChI is InChI=1S/C22H25N3O5/c1-4-24(15(2)3)17-11-9-16(10-12-17)23-20(26)14-29-21(27)13-25-18-7-5-6-8-19(18)30-22(25)28/h5-12,15H,4,13-14H2,1-3H3,(H,23,26). The molecule has 0 bridgehead atoms. The van der Waals surface area contributed by atoms with Crippen LogP contribution in [0.1, 0.15) is 20.8 Å². The van der Waals surface area contributed by atoms with Gasteiger partial charge < -0.3 is 19.4 Å². The SMILES string of the molecule is CCN(c1ccc(NC(=O)COC(=O)Cn2c(=O)oc3ccccc32)cc1)C(C)C. The molecule has 2 aromatic carbocycles. The van der Waals surface area contributed by atoms with Gasteiger partial charge in [-0.25, -0.2) is 4.79 Å². The predicted octanol–water partition coefficient (Wildman–Crippen LogP) is 3.01. The molecule has 1 N–H and O–H groups in total. The van der Waals surface area contributed by atoms with E-state index in [2.05, 4.69) is 31.0 Å². The second-order valence-corrected chi connectivity index (χ2v) is 7.06. The summed E-state index contributed by atoms with van der Waals surface area (Å²) in [5, 5.41) is 2.69. The molecule has 3 aromatic rings. The van der Waals surface area contributed by atoms with E-state index in [1.807, 2.05) is 12.1 Å². The van der Waals surface area contributed by atoms with Crippen molar-refractivity contribution in [3.63, 3.8) is 0 Å². The van der Waals surface area contributed by atoms with E-state index in [4.69, 9.17) is 9.15 Å². The molecule has 30 heavy (non-hydrogen) atoms. The van der Waals surface area contributed by atoms with Crippen LogP contribution in [0.5, 0.6) is 0 Å². The van der Waals surface area contributed by atoms with E-state index in [1.54, 1.807) is 36.4 Å². The summed E-state index contributed by atoms with van der Waals surface area (Å²) in [7, 11) is 0. The molecule has 0 unspecified atom stereocenters. The summed E-state index contributed by atoms with van der Waals surface area (Å²) in [4.78, 5) is 38.3. The van der Waals surface area contributed by atoms with Crippen LogP contribution in [0.15, 0.2) is 57.7 Å². The highest BCUT2D eigenvalue weighted by Gasteiger charge is 2.15. The number of para-hydroxylation sites is 2. The lowest BCUT2D eigenvalue weighted by molar-refractivity contribution is -0.147. The van der Waals surface area contributed by atoms with E-state index in [1.165, 1.54) is 4.57 Å². The Morgan fingerprint density at radius 1 is 1.13 bits per heavy atom. The summed E-state index contributed by atoms with van der Waals surface area (Å²) < 4.78 is 11.2. The Morgan fingerprint density at radius 3 is 2.50 bits per heavy atom. The van der Waals surface area contributed by atoms with Gasteiger partial charge in [0.25, 0.3) is 5.91 Å². The maximum atomic E-state index is 12.1. The molecule has 0 aliphatic heterocycles. The smallest absolute Gasteiger partial charge is 0.420 e. The number of rotatable bonds is 8. The lowest BCUT2D eigenvalue weighted by atomic mass is 10.2. The highest BCUT2D eigenvalue weighted by atomic mass is 16.5. The van der Waals surface area contributed by atoms with Gasteiger partial charge in [0.1, 0.15) is 6.54 Å². The Labute approximate surface area is 174 Å². The number of nitrogens with one attached hydrogen (secondary N) is 1. The summed E-state index contributed by atoms with van der Waals surface area (Å²) in [5.74, 6) is -1.82. The van der Waals surface area contributed by atoms with Crippen molar-refractivity contribution in [3.05, 3.63) is 59.1 Å². The molecule has 8 nitrogen and oxygen atoms in total. The first-order chi connectivity index (χ1) is 14.4. The van der Waals surface area contributed by atoms with Gasteiger partial charge in [-0.05, 0) is 57.2 Å². The van der Waals surface area contributed by atoms with Gasteiger partial charge in [0, 0.05) is 24.0 Å². The fourth-order valence-electron chi connectivity index (χ4n) is 3.26.